The number of likely N-dealkylation sites (tertiary alicyclic amines) is 1. The van der Waals surface area contributed by atoms with Crippen LogP contribution in [0, 0.1) is 23.7 Å². The van der Waals surface area contributed by atoms with Gasteiger partial charge in [0.15, 0.2) is 0 Å². The second kappa shape index (κ2) is 6.69. The maximum absolute atomic E-state index is 13.1. The molecular weight excluding hydrogens is 290 g/mol. The Bertz CT molecular complexity index is 436. The number of piperidine rings is 1. The van der Waals surface area contributed by atoms with Crippen LogP contribution < -0.4 is 5.73 Å². The molecule has 2 saturated carbocycles. The summed E-state index contributed by atoms with van der Waals surface area (Å²) < 4.78 is 5.44. The highest BCUT2D eigenvalue weighted by Crippen LogP contribution is 2.48. The highest BCUT2D eigenvalue weighted by atomic mass is 16.5. The maximum atomic E-state index is 13.1. The lowest BCUT2D eigenvalue weighted by molar-refractivity contribution is -0.139. The lowest BCUT2D eigenvalue weighted by atomic mass is 9.83. The summed E-state index contributed by atoms with van der Waals surface area (Å²) in [4.78, 5) is 17.7. The van der Waals surface area contributed by atoms with Crippen molar-refractivity contribution < 1.29 is 9.53 Å². The van der Waals surface area contributed by atoms with Crippen LogP contribution >= 0.6 is 0 Å². The molecule has 5 unspecified atom stereocenters. The summed E-state index contributed by atoms with van der Waals surface area (Å²) in [7, 11) is 0. The third-order valence-corrected chi connectivity index (χ3v) is 6.72. The molecule has 2 N–H and O–H groups in total. The Labute approximate surface area is 139 Å². The monoisotopic (exact) mass is 321 g/mol. The zero-order chi connectivity index (χ0) is 15.8. The second-order valence-corrected chi connectivity index (χ2v) is 8.14. The summed E-state index contributed by atoms with van der Waals surface area (Å²) in [5.74, 6) is 2.30. The van der Waals surface area contributed by atoms with Gasteiger partial charge >= 0.3 is 0 Å². The molecule has 4 aliphatic rings. The molecule has 2 bridgehead atoms. The molecule has 23 heavy (non-hydrogen) atoms. The van der Waals surface area contributed by atoms with Crippen molar-refractivity contribution in [3.63, 3.8) is 0 Å². The summed E-state index contributed by atoms with van der Waals surface area (Å²) in [5.41, 5.74) is 6.39. The van der Waals surface area contributed by atoms with Crippen LogP contribution in [0.15, 0.2) is 0 Å². The predicted molar refractivity (Wildman–Crippen MR) is 88.9 cm³/mol. The summed E-state index contributed by atoms with van der Waals surface area (Å²) in [6.07, 6.45) is 6.07. The molecule has 2 heterocycles. The maximum Gasteiger partial charge on any atom is 0.227 e. The van der Waals surface area contributed by atoms with E-state index in [1.54, 1.807) is 0 Å². The molecule has 0 aromatic heterocycles. The minimum atomic E-state index is 0.121. The molecule has 4 rings (SSSR count). The zero-order valence-electron chi connectivity index (χ0n) is 14.2. The van der Waals surface area contributed by atoms with Crippen LogP contribution in [-0.2, 0) is 9.53 Å². The Morgan fingerprint density at radius 1 is 1.09 bits per heavy atom. The van der Waals surface area contributed by atoms with Crippen molar-refractivity contribution in [3.8, 4) is 0 Å². The molecule has 2 aliphatic carbocycles. The van der Waals surface area contributed by atoms with Gasteiger partial charge in [-0.2, -0.15) is 0 Å². The smallest absolute Gasteiger partial charge is 0.227 e. The van der Waals surface area contributed by atoms with Gasteiger partial charge < -0.3 is 15.4 Å². The Balaban J connectivity index is 1.34. The lowest BCUT2D eigenvalue weighted by Gasteiger charge is -2.39. The van der Waals surface area contributed by atoms with Gasteiger partial charge in [-0.05, 0) is 49.9 Å². The topological polar surface area (TPSA) is 58.8 Å². The van der Waals surface area contributed by atoms with Gasteiger partial charge in [0.05, 0.1) is 19.1 Å². The van der Waals surface area contributed by atoms with Crippen LogP contribution in [0.2, 0.25) is 0 Å². The number of fused-ring (bicyclic) bond motifs is 2. The van der Waals surface area contributed by atoms with Gasteiger partial charge in [-0.1, -0.05) is 0 Å². The fourth-order valence-electron chi connectivity index (χ4n) is 5.48. The third-order valence-electron chi connectivity index (χ3n) is 6.72. The highest BCUT2D eigenvalue weighted by molar-refractivity contribution is 5.80. The molecule has 0 aromatic rings. The minimum Gasteiger partial charge on any atom is -0.379 e. The van der Waals surface area contributed by atoms with Gasteiger partial charge in [0.2, 0.25) is 5.91 Å². The number of hydrogen-bond acceptors (Lipinski definition) is 4. The number of carbonyl (C=O) groups excluding carboxylic acids is 1. The number of morpholine rings is 1. The number of carbonyl (C=O) groups is 1. The summed E-state index contributed by atoms with van der Waals surface area (Å²) >= 11 is 0. The Morgan fingerprint density at radius 2 is 1.87 bits per heavy atom. The van der Waals surface area contributed by atoms with Crippen LogP contribution in [0.1, 0.15) is 32.1 Å². The lowest BCUT2D eigenvalue weighted by Crippen LogP contribution is -2.51. The molecule has 0 spiro atoms. The average Bonchev–Trinajstić information content (AvgIpc) is 3.17. The van der Waals surface area contributed by atoms with Crippen LogP contribution in [0.4, 0.5) is 0 Å². The van der Waals surface area contributed by atoms with Crippen molar-refractivity contribution >= 4 is 5.91 Å². The first-order chi connectivity index (χ1) is 11.2. The number of nitrogens with zero attached hydrogens (tertiary/aromatic N) is 2. The Hall–Kier alpha value is -0.650. The van der Waals surface area contributed by atoms with Crippen molar-refractivity contribution in [2.45, 2.75) is 38.1 Å². The van der Waals surface area contributed by atoms with Gasteiger partial charge in [-0.25, -0.2) is 0 Å². The number of rotatable bonds is 3. The van der Waals surface area contributed by atoms with Crippen LogP contribution in [0.5, 0.6) is 0 Å². The van der Waals surface area contributed by atoms with Crippen molar-refractivity contribution in [3.05, 3.63) is 0 Å². The third kappa shape index (κ3) is 3.15. The summed E-state index contributed by atoms with van der Waals surface area (Å²) in [6, 6.07) is 0.126. The van der Waals surface area contributed by atoms with Crippen molar-refractivity contribution in [1.29, 1.82) is 0 Å². The van der Waals surface area contributed by atoms with Crippen LogP contribution in [0.3, 0.4) is 0 Å². The van der Waals surface area contributed by atoms with E-state index in [4.69, 9.17) is 10.5 Å². The molecule has 5 atom stereocenters. The normalized spacial score (nSPS) is 41.4. The van der Waals surface area contributed by atoms with Gasteiger partial charge in [0.1, 0.15) is 0 Å². The largest absolute Gasteiger partial charge is 0.379 e. The highest BCUT2D eigenvalue weighted by Gasteiger charge is 2.50. The number of amides is 1. The van der Waals surface area contributed by atoms with E-state index in [0.717, 1.165) is 52.4 Å². The Morgan fingerprint density at radius 3 is 2.61 bits per heavy atom. The van der Waals surface area contributed by atoms with Gasteiger partial charge in [0.25, 0.3) is 0 Å². The van der Waals surface area contributed by atoms with E-state index in [-0.39, 0.29) is 12.0 Å². The SMILES string of the molecule is NC1C2CCC(C2)C1C(=O)N1CCCC(CN2CCOCC2)C1. The van der Waals surface area contributed by atoms with Gasteiger partial charge in [0, 0.05) is 38.8 Å². The molecule has 5 heteroatoms. The quantitative estimate of drug-likeness (QED) is 0.840. The van der Waals surface area contributed by atoms with E-state index < -0.39 is 0 Å². The summed E-state index contributed by atoms with van der Waals surface area (Å²) in [6.45, 7) is 6.81. The first-order valence-corrected chi connectivity index (χ1v) is 9.57. The van der Waals surface area contributed by atoms with E-state index in [9.17, 15) is 4.79 Å². The van der Waals surface area contributed by atoms with Crippen molar-refractivity contribution in [2.75, 3.05) is 45.9 Å². The molecule has 0 radical (unpaired) electrons. The van der Waals surface area contributed by atoms with Crippen LogP contribution in [-0.4, -0.2) is 67.7 Å². The fraction of sp³-hybridized carbons (Fsp3) is 0.944. The van der Waals surface area contributed by atoms with E-state index in [0.29, 0.717) is 23.7 Å². The molecule has 2 aliphatic heterocycles. The first kappa shape index (κ1) is 15.9. The summed E-state index contributed by atoms with van der Waals surface area (Å²) in [5, 5.41) is 0. The average molecular weight is 321 g/mol. The molecule has 5 nitrogen and oxygen atoms in total. The zero-order valence-corrected chi connectivity index (χ0v) is 14.2. The second-order valence-electron chi connectivity index (χ2n) is 8.14. The predicted octanol–water partition coefficient (Wildman–Crippen LogP) is 0.931. The minimum absolute atomic E-state index is 0.121. The van der Waals surface area contributed by atoms with Crippen molar-refractivity contribution in [2.24, 2.45) is 29.4 Å². The first-order valence-electron chi connectivity index (χ1n) is 9.57. The molecule has 0 aromatic carbocycles. The van der Waals surface area contributed by atoms with E-state index >= 15 is 0 Å². The standard InChI is InChI=1S/C18H31N3O2/c19-17-15-4-3-14(10-15)16(17)18(22)21-5-1-2-13(12-21)11-20-6-8-23-9-7-20/h13-17H,1-12,19H2. The van der Waals surface area contributed by atoms with Gasteiger partial charge in [-0.3, -0.25) is 9.69 Å². The van der Waals surface area contributed by atoms with E-state index in [1.807, 2.05) is 0 Å². The molecule has 2 saturated heterocycles. The van der Waals surface area contributed by atoms with Crippen LogP contribution in [0.25, 0.3) is 0 Å². The van der Waals surface area contributed by atoms with Gasteiger partial charge in [-0.15, -0.1) is 0 Å². The molecule has 1 amide bonds. The molecule has 4 fully saturated rings. The number of nitrogens with two attached hydrogens (primary N) is 1. The molecular formula is C18H31N3O2. The Kier molecular flexibility index (Phi) is 4.61. The van der Waals surface area contributed by atoms with E-state index in [1.165, 1.54) is 25.7 Å². The fourth-order valence-corrected chi connectivity index (χ4v) is 5.48. The van der Waals surface area contributed by atoms with Crippen molar-refractivity contribution in [1.82, 2.24) is 9.80 Å². The van der Waals surface area contributed by atoms with E-state index in [2.05, 4.69) is 9.80 Å². The molecule has 130 valence electrons. The number of hydrogen-bond donors (Lipinski definition) is 1. The number of ether oxygens (including phenoxy) is 1.